The topological polar surface area (TPSA) is 17.1 Å². The molecule has 2 heteroatoms. The summed E-state index contributed by atoms with van der Waals surface area (Å²) in [6, 6.07) is 5.24. The highest BCUT2D eigenvalue weighted by Gasteiger charge is 2.31. The molecule has 0 saturated heterocycles. The van der Waals surface area contributed by atoms with Crippen LogP contribution >= 0.6 is 0 Å². The first kappa shape index (κ1) is 9.38. The van der Waals surface area contributed by atoms with Crippen molar-refractivity contribution in [3.8, 4) is 0 Å². The van der Waals surface area contributed by atoms with Crippen LogP contribution in [0, 0.1) is 0 Å². The van der Waals surface area contributed by atoms with Crippen LogP contribution < -0.4 is 0 Å². The second kappa shape index (κ2) is 3.19. The van der Waals surface area contributed by atoms with E-state index >= 15 is 0 Å². The van der Waals surface area contributed by atoms with E-state index in [-0.39, 0.29) is 0 Å². The average molecular weight is 192 g/mol. The molecular weight excluding hydrogens is 179 g/mol. The quantitative estimate of drug-likeness (QED) is 0.625. The van der Waals surface area contributed by atoms with Gasteiger partial charge in [-0.05, 0) is 43.4 Å². The fourth-order valence-electron chi connectivity index (χ4n) is 2.15. The molecule has 1 aromatic rings. The van der Waals surface area contributed by atoms with Gasteiger partial charge in [-0.25, -0.2) is 4.39 Å². The largest absolute Gasteiger partial charge is 0.298 e. The molecule has 14 heavy (non-hydrogen) atoms. The number of carbonyl (C=O) groups excluding carboxylic acids is 1. The van der Waals surface area contributed by atoms with E-state index in [0.29, 0.717) is 12.0 Å². The Morgan fingerprint density at radius 3 is 3.00 bits per heavy atom. The van der Waals surface area contributed by atoms with E-state index < -0.39 is 5.67 Å². The number of benzene rings is 1. The van der Waals surface area contributed by atoms with Crippen LogP contribution in [-0.4, -0.2) is 6.29 Å². The van der Waals surface area contributed by atoms with Gasteiger partial charge in [-0.3, -0.25) is 4.79 Å². The first-order valence-corrected chi connectivity index (χ1v) is 4.91. The molecule has 0 N–H and O–H groups in total. The molecular formula is C12H13FO. The first-order valence-electron chi connectivity index (χ1n) is 4.91. The maximum atomic E-state index is 14.0. The Morgan fingerprint density at radius 2 is 2.29 bits per heavy atom. The Bertz CT molecular complexity index is 369. The van der Waals surface area contributed by atoms with Gasteiger partial charge in [0, 0.05) is 5.56 Å². The predicted octanol–water partition coefficient (Wildman–Crippen LogP) is 3.02. The molecule has 1 unspecified atom stereocenters. The maximum Gasteiger partial charge on any atom is 0.150 e. The van der Waals surface area contributed by atoms with Crippen molar-refractivity contribution < 1.29 is 9.18 Å². The van der Waals surface area contributed by atoms with Gasteiger partial charge in [0.25, 0.3) is 0 Å². The third-order valence-electron chi connectivity index (χ3n) is 2.92. The van der Waals surface area contributed by atoms with E-state index in [4.69, 9.17) is 0 Å². The lowest BCUT2D eigenvalue weighted by atomic mass is 9.81. The summed E-state index contributed by atoms with van der Waals surface area (Å²) in [6.07, 6.45) is 3.14. The van der Waals surface area contributed by atoms with Gasteiger partial charge in [-0.15, -0.1) is 0 Å². The third kappa shape index (κ3) is 1.45. The van der Waals surface area contributed by atoms with Crippen LogP contribution in [0.5, 0.6) is 0 Å². The smallest absolute Gasteiger partial charge is 0.150 e. The van der Waals surface area contributed by atoms with Crippen molar-refractivity contribution in [1.29, 1.82) is 0 Å². The van der Waals surface area contributed by atoms with Crippen LogP contribution in [0.2, 0.25) is 0 Å². The predicted molar refractivity (Wildman–Crippen MR) is 53.2 cm³/mol. The van der Waals surface area contributed by atoms with Gasteiger partial charge in [-0.1, -0.05) is 12.1 Å². The summed E-state index contributed by atoms with van der Waals surface area (Å²) in [5.41, 5.74) is 1.18. The monoisotopic (exact) mass is 192 g/mol. The molecule has 0 amide bonds. The van der Waals surface area contributed by atoms with Gasteiger partial charge in [-0.2, -0.15) is 0 Å². The van der Waals surface area contributed by atoms with E-state index in [1.165, 1.54) is 0 Å². The van der Waals surface area contributed by atoms with Crippen molar-refractivity contribution >= 4 is 6.29 Å². The summed E-state index contributed by atoms with van der Waals surface area (Å²) in [6.45, 7) is 1.62. The molecule has 0 aliphatic heterocycles. The van der Waals surface area contributed by atoms with Crippen LogP contribution in [0.25, 0.3) is 0 Å². The summed E-state index contributed by atoms with van der Waals surface area (Å²) >= 11 is 0. The van der Waals surface area contributed by atoms with E-state index in [0.717, 1.165) is 30.3 Å². The van der Waals surface area contributed by atoms with Gasteiger partial charge in [0.05, 0.1) is 0 Å². The number of fused-ring (bicyclic) bond motifs is 1. The number of hydrogen-bond acceptors (Lipinski definition) is 1. The Labute approximate surface area is 82.9 Å². The molecule has 0 spiro atoms. The summed E-state index contributed by atoms with van der Waals surface area (Å²) in [7, 11) is 0. The SMILES string of the molecule is CC1(F)CCCc2cc(C=O)ccc21. The Balaban J connectivity index is 2.51. The van der Waals surface area contributed by atoms with Crippen LogP contribution in [-0.2, 0) is 12.1 Å². The lowest BCUT2D eigenvalue weighted by molar-refractivity contribution is 0.112. The number of halogens is 1. The Hall–Kier alpha value is -1.18. The summed E-state index contributed by atoms with van der Waals surface area (Å²) in [5, 5.41) is 0. The highest BCUT2D eigenvalue weighted by atomic mass is 19.1. The van der Waals surface area contributed by atoms with Gasteiger partial charge < -0.3 is 0 Å². The minimum atomic E-state index is -1.21. The zero-order valence-corrected chi connectivity index (χ0v) is 8.22. The second-order valence-electron chi connectivity index (χ2n) is 4.09. The molecule has 0 heterocycles. The fraction of sp³-hybridized carbons (Fsp3) is 0.417. The number of aryl methyl sites for hydroxylation is 1. The minimum absolute atomic E-state index is 0.584. The van der Waals surface area contributed by atoms with E-state index in [1.54, 1.807) is 25.1 Å². The lowest BCUT2D eigenvalue weighted by Gasteiger charge is -2.28. The van der Waals surface area contributed by atoms with E-state index in [1.807, 2.05) is 0 Å². The molecule has 1 aliphatic rings. The molecule has 0 saturated carbocycles. The Morgan fingerprint density at radius 1 is 1.50 bits per heavy atom. The molecule has 74 valence electrons. The number of aldehydes is 1. The molecule has 1 atom stereocenters. The van der Waals surface area contributed by atoms with Crippen LogP contribution in [0.4, 0.5) is 4.39 Å². The molecule has 0 bridgehead atoms. The van der Waals surface area contributed by atoms with E-state index in [2.05, 4.69) is 0 Å². The highest BCUT2D eigenvalue weighted by molar-refractivity contribution is 5.75. The number of carbonyl (C=O) groups is 1. The van der Waals surface area contributed by atoms with Crippen molar-refractivity contribution in [2.45, 2.75) is 31.9 Å². The average Bonchev–Trinajstić information content (AvgIpc) is 2.16. The van der Waals surface area contributed by atoms with Crippen LogP contribution in [0.3, 0.4) is 0 Å². The number of hydrogen-bond donors (Lipinski definition) is 0. The summed E-state index contributed by atoms with van der Waals surface area (Å²) in [5.74, 6) is 0. The third-order valence-corrected chi connectivity index (χ3v) is 2.92. The molecule has 2 rings (SSSR count). The summed E-state index contributed by atoms with van der Waals surface area (Å²) in [4.78, 5) is 10.6. The molecule has 0 radical (unpaired) electrons. The van der Waals surface area contributed by atoms with Gasteiger partial charge >= 0.3 is 0 Å². The normalized spacial score (nSPS) is 25.6. The summed E-state index contributed by atoms with van der Waals surface area (Å²) < 4.78 is 14.0. The minimum Gasteiger partial charge on any atom is -0.298 e. The first-order chi connectivity index (χ1) is 6.63. The van der Waals surface area contributed by atoms with Crippen molar-refractivity contribution in [2.75, 3.05) is 0 Å². The van der Waals surface area contributed by atoms with Crippen LogP contribution in [0.15, 0.2) is 18.2 Å². The molecule has 1 nitrogen and oxygen atoms in total. The highest BCUT2D eigenvalue weighted by Crippen LogP contribution is 2.38. The molecule has 1 aliphatic carbocycles. The Kier molecular flexibility index (Phi) is 2.14. The fourth-order valence-corrected chi connectivity index (χ4v) is 2.15. The second-order valence-corrected chi connectivity index (χ2v) is 4.09. The number of rotatable bonds is 1. The van der Waals surface area contributed by atoms with Crippen LogP contribution in [0.1, 0.15) is 41.3 Å². The maximum absolute atomic E-state index is 14.0. The van der Waals surface area contributed by atoms with Gasteiger partial charge in [0.2, 0.25) is 0 Å². The molecule has 0 fully saturated rings. The number of alkyl halides is 1. The lowest BCUT2D eigenvalue weighted by Crippen LogP contribution is -2.22. The van der Waals surface area contributed by atoms with Crippen molar-refractivity contribution in [3.05, 3.63) is 34.9 Å². The molecule has 1 aromatic carbocycles. The van der Waals surface area contributed by atoms with Gasteiger partial charge in [0.15, 0.2) is 0 Å². The zero-order chi connectivity index (χ0) is 10.2. The zero-order valence-electron chi connectivity index (χ0n) is 8.22. The van der Waals surface area contributed by atoms with Crippen molar-refractivity contribution in [3.63, 3.8) is 0 Å². The molecule has 0 aromatic heterocycles. The van der Waals surface area contributed by atoms with Gasteiger partial charge in [0.1, 0.15) is 12.0 Å². The van der Waals surface area contributed by atoms with Crippen molar-refractivity contribution in [2.24, 2.45) is 0 Å². The van der Waals surface area contributed by atoms with Crippen molar-refractivity contribution in [1.82, 2.24) is 0 Å². The standard InChI is InChI=1S/C12H13FO/c1-12(13)6-2-3-10-7-9(8-14)4-5-11(10)12/h4-5,7-8H,2-3,6H2,1H3. The van der Waals surface area contributed by atoms with E-state index in [9.17, 15) is 9.18 Å².